The van der Waals surface area contributed by atoms with E-state index in [4.69, 9.17) is 23.2 Å². The van der Waals surface area contributed by atoms with Crippen LogP contribution in [0.25, 0.3) is 16.9 Å². The standard InChI is InChI=1S/C23H17Cl2F2N7O3/c1-2-28-22(36)14-5-4-13(8-16(14)26)30-23(37)21(27)33-11-29-17(9-20(33)35)15-7-12(24)3-6-18(15)34-10-19(25)31-32-34/h3-11,21H,2H2,1H3,(H,28,36)(H,30,37). The Morgan fingerprint density at radius 3 is 2.57 bits per heavy atom. The third kappa shape index (κ3) is 5.65. The van der Waals surface area contributed by atoms with E-state index in [-0.39, 0.29) is 22.1 Å². The largest absolute Gasteiger partial charge is 0.352 e. The Balaban J connectivity index is 1.57. The lowest BCUT2D eigenvalue weighted by atomic mass is 10.1. The summed E-state index contributed by atoms with van der Waals surface area (Å²) in [6.45, 7) is 1.98. The molecule has 1 unspecified atom stereocenters. The molecule has 37 heavy (non-hydrogen) atoms. The molecule has 4 aromatic rings. The van der Waals surface area contributed by atoms with Crippen LogP contribution in [0, 0.1) is 5.82 Å². The molecule has 2 heterocycles. The molecule has 0 aliphatic carbocycles. The van der Waals surface area contributed by atoms with Crippen molar-refractivity contribution < 1.29 is 18.4 Å². The minimum absolute atomic E-state index is 0.106. The minimum Gasteiger partial charge on any atom is -0.352 e. The van der Waals surface area contributed by atoms with Gasteiger partial charge < -0.3 is 10.6 Å². The predicted molar refractivity (Wildman–Crippen MR) is 132 cm³/mol. The molecular weight excluding hydrogens is 531 g/mol. The third-order valence-electron chi connectivity index (χ3n) is 5.06. The highest BCUT2D eigenvalue weighted by Gasteiger charge is 2.23. The second-order valence-electron chi connectivity index (χ2n) is 7.55. The van der Waals surface area contributed by atoms with Crippen LogP contribution in [0.2, 0.25) is 10.2 Å². The molecule has 0 aliphatic heterocycles. The lowest BCUT2D eigenvalue weighted by Gasteiger charge is -2.14. The summed E-state index contributed by atoms with van der Waals surface area (Å²) < 4.78 is 31.0. The first-order valence-corrected chi connectivity index (χ1v) is 11.4. The maximum Gasteiger partial charge on any atom is 0.280 e. The summed E-state index contributed by atoms with van der Waals surface area (Å²) in [4.78, 5) is 41.0. The first-order valence-electron chi connectivity index (χ1n) is 10.7. The first-order chi connectivity index (χ1) is 17.7. The quantitative estimate of drug-likeness (QED) is 0.362. The van der Waals surface area contributed by atoms with Crippen LogP contribution in [0.5, 0.6) is 0 Å². The molecule has 14 heteroatoms. The topological polar surface area (TPSA) is 124 Å². The van der Waals surface area contributed by atoms with E-state index in [0.717, 1.165) is 24.5 Å². The Morgan fingerprint density at radius 1 is 1.14 bits per heavy atom. The molecule has 0 saturated heterocycles. The molecule has 2 amide bonds. The molecule has 0 aliphatic rings. The molecule has 1 atom stereocenters. The zero-order valence-corrected chi connectivity index (χ0v) is 20.5. The van der Waals surface area contributed by atoms with Crippen LogP contribution >= 0.6 is 23.2 Å². The average molecular weight is 548 g/mol. The Labute approximate surface area is 217 Å². The van der Waals surface area contributed by atoms with Gasteiger partial charge in [-0.1, -0.05) is 28.4 Å². The number of nitrogens with zero attached hydrogens (tertiary/aromatic N) is 5. The van der Waals surface area contributed by atoms with Crippen LogP contribution in [0.3, 0.4) is 0 Å². The van der Waals surface area contributed by atoms with Gasteiger partial charge in [0.05, 0.1) is 23.1 Å². The predicted octanol–water partition coefficient (Wildman–Crippen LogP) is 3.79. The zero-order valence-electron chi connectivity index (χ0n) is 19.0. The summed E-state index contributed by atoms with van der Waals surface area (Å²) in [7, 11) is 0. The van der Waals surface area contributed by atoms with Gasteiger partial charge in [0.15, 0.2) is 5.15 Å². The number of amides is 2. The number of hydrogen-bond acceptors (Lipinski definition) is 6. The summed E-state index contributed by atoms with van der Waals surface area (Å²) in [5.74, 6) is -2.79. The molecule has 0 bridgehead atoms. The summed E-state index contributed by atoms with van der Waals surface area (Å²) in [5.41, 5.74) is -0.275. The van der Waals surface area contributed by atoms with Crippen molar-refractivity contribution in [3.63, 3.8) is 0 Å². The van der Waals surface area contributed by atoms with Crippen LogP contribution in [-0.2, 0) is 4.79 Å². The lowest BCUT2D eigenvalue weighted by Crippen LogP contribution is -2.31. The van der Waals surface area contributed by atoms with Crippen LogP contribution in [0.15, 0.2) is 59.8 Å². The molecular formula is C23H17Cl2F2N7O3. The van der Waals surface area contributed by atoms with Crippen molar-refractivity contribution in [3.05, 3.63) is 86.9 Å². The molecule has 10 nitrogen and oxygen atoms in total. The van der Waals surface area contributed by atoms with Gasteiger partial charge in [-0.25, -0.2) is 18.4 Å². The molecule has 0 radical (unpaired) electrons. The molecule has 0 spiro atoms. The second-order valence-corrected chi connectivity index (χ2v) is 8.37. The molecule has 0 fully saturated rings. The number of carbonyl (C=O) groups is 2. The van der Waals surface area contributed by atoms with Crippen molar-refractivity contribution >= 4 is 40.7 Å². The van der Waals surface area contributed by atoms with Crippen LogP contribution in [0.4, 0.5) is 14.5 Å². The third-order valence-corrected chi connectivity index (χ3v) is 5.47. The minimum atomic E-state index is -2.48. The average Bonchev–Trinajstić information content (AvgIpc) is 3.29. The highest BCUT2D eigenvalue weighted by atomic mass is 35.5. The van der Waals surface area contributed by atoms with Gasteiger partial charge in [0.1, 0.15) is 12.1 Å². The van der Waals surface area contributed by atoms with E-state index in [1.165, 1.54) is 23.0 Å². The van der Waals surface area contributed by atoms with E-state index in [2.05, 4.69) is 25.9 Å². The van der Waals surface area contributed by atoms with Gasteiger partial charge in [0, 0.05) is 28.9 Å². The highest BCUT2D eigenvalue weighted by Crippen LogP contribution is 2.28. The van der Waals surface area contributed by atoms with E-state index in [9.17, 15) is 23.2 Å². The Bertz CT molecular complexity index is 1560. The SMILES string of the molecule is CCNC(=O)c1ccc(NC(=O)C(F)n2cnc(-c3cc(Cl)ccc3-n3cc(Cl)nn3)cc2=O)cc1F. The van der Waals surface area contributed by atoms with E-state index < -0.39 is 29.5 Å². The van der Waals surface area contributed by atoms with E-state index >= 15 is 0 Å². The van der Waals surface area contributed by atoms with Crippen molar-refractivity contribution in [3.8, 4) is 16.9 Å². The number of rotatable bonds is 7. The number of hydrogen-bond donors (Lipinski definition) is 2. The fraction of sp³-hybridized carbons (Fsp3) is 0.130. The Kier molecular flexibility index (Phi) is 7.60. The summed E-state index contributed by atoms with van der Waals surface area (Å²) in [5, 5.41) is 12.7. The molecule has 4 rings (SSSR count). The zero-order chi connectivity index (χ0) is 26.7. The van der Waals surface area contributed by atoms with Gasteiger partial charge in [-0.3, -0.25) is 19.0 Å². The fourth-order valence-electron chi connectivity index (χ4n) is 3.36. The molecule has 190 valence electrons. The highest BCUT2D eigenvalue weighted by molar-refractivity contribution is 6.31. The Hall–Kier alpha value is -4.16. The van der Waals surface area contributed by atoms with Gasteiger partial charge in [-0.15, -0.1) is 5.10 Å². The van der Waals surface area contributed by atoms with Crippen molar-refractivity contribution in [2.45, 2.75) is 13.2 Å². The smallest absolute Gasteiger partial charge is 0.280 e. The number of benzene rings is 2. The normalized spacial score (nSPS) is 11.7. The maximum atomic E-state index is 14.9. The monoisotopic (exact) mass is 547 g/mol. The van der Waals surface area contributed by atoms with Gasteiger partial charge in [0.25, 0.3) is 23.7 Å². The number of carbonyl (C=O) groups excluding carboxylic acids is 2. The van der Waals surface area contributed by atoms with Crippen molar-refractivity contribution in [1.82, 2.24) is 29.9 Å². The summed E-state index contributed by atoms with van der Waals surface area (Å²) in [6, 6.07) is 9.00. The molecule has 2 aromatic carbocycles. The van der Waals surface area contributed by atoms with Crippen molar-refractivity contribution in [2.24, 2.45) is 0 Å². The number of aromatic nitrogens is 5. The summed E-state index contributed by atoms with van der Waals surface area (Å²) >= 11 is 12.0. The number of nitrogens with one attached hydrogen (secondary N) is 2. The van der Waals surface area contributed by atoms with Crippen molar-refractivity contribution in [1.29, 1.82) is 0 Å². The van der Waals surface area contributed by atoms with Crippen LogP contribution < -0.4 is 16.2 Å². The van der Waals surface area contributed by atoms with Gasteiger partial charge in [-0.05, 0) is 43.3 Å². The molecule has 2 aromatic heterocycles. The van der Waals surface area contributed by atoms with Crippen LogP contribution in [-0.4, -0.2) is 42.9 Å². The first kappa shape index (κ1) is 25.9. The fourth-order valence-corrected chi connectivity index (χ4v) is 3.66. The number of alkyl halides is 1. The van der Waals surface area contributed by atoms with Crippen molar-refractivity contribution in [2.75, 3.05) is 11.9 Å². The van der Waals surface area contributed by atoms with E-state index in [1.807, 2.05) is 0 Å². The molecule has 2 N–H and O–H groups in total. The van der Waals surface area contributed by atoms with Gasteiger partial charge in [0.2, 0.25) is 0 Å². The number of halogens is 4. The van der Waals surface area contributed by atoms with E-state index in [0.29, 0.717) is 27.4 Å². The van der Waals surface area contributed by atoms with Gasteiger partial charge in [-0.2, -0.15) is 0 Å². The summed E-state index contributed by atoms with van der Waals surface area (Å²) in [6.07, 6.45) is -0.184. The lowest BCUT2D eigenvalue weighted by molar-refractivity contribution is -0.123. The molecule has 0 saturated carbocycles. The maximum absolute atomic E-state index is 14.9. The van der Waals surface area contributed by atoms with E-state index in [1.54, 1.807) is 19.1 Å². The van der Waals surface area contributed by atoms with Crippen LogP contribution in [0.1, 0.15) is 23.6 Å². The second kappa shape index (κ2) is 10.8. The Morgan fingerprint density at radius 2 is 1.92 bits per heavy atom. The van der Waals surface area contributed by atoms with Gasteiger partial charge >= 0.3 is 0 Å². The number of anilines is 1.